The molecule has 0 radical (unpaired) electrons. The summed E-state index contributed by atoms with van der Waals surface area (Å²) >= 11 is 0. The van der Waals surface area contributed by atoms with Crippen molar-refractivity contribution in [2.45, 2.75) is 40.4 Å². The van der Waals surface area contributed by atoms with Gasteiger partial charge in [0.25, 0.3) is 0 Å². The van der Waals surface area contributed by atoms with Gasteiger partial charge >= 0.3 is 0 Å². The van der Waals surface area contributed by atoms with Crippen LogP contribution in [0.5, 0.6) is 0 Å². The summed E-state index contributed by atoms with van der Waals surface area (Å²) in [5.41, 5.74) is 1.21. The van der Waals surface area contributed by atoms with Crippen LogP contribution in [-0.2, 0) is 19.6 Å². The van der Waals surface area contributed by atoms with Gasteiger partial charge in [-0.25, -0.2) is 0 Å². The third-order valence-corrected chi connectivity index (χ3v) is 3.38. The Morgan fingerprint density at radius 2 is 2.00 bits per heavy atom. The van der Waals surface area contributed by atoms with Crippen molar-refractivity contribution in [3.63, 3.8) is 0 Å². The highest BCUT2D eigenvalue weighted by atomic mass is 16.3. The molecule has 2 aromatic heterocycles. The Bertz CT molecular complexity index is 503. The molecule has 0 saturated heterocycles. The summed E-state index contributed by atoms with van der Waals surface area (Å²) in [4.78, 5) is 2.29. The van der Waals surface area contributed by atoms with Crippen LogP contribution in [-0.4, -0.2) is 18.0 Å². The molecule has 0 amide bonds. The molecule has 2 aromatic rings. The zero-order valence-corrected chi connectivity index (χ0v) is 13.3. The van der Waals surface area contributed by atoms with Crippen LogP contribution in [0, 0.1) is 5.92 Å². The first-order valence-corrected chi connectivity index (χ1v) is 7.69. The third-order valence-electron chi connectivity index (χ3n) is 3.38. The van der Waals surface area contributed by atoms with Gasteiger partial charge in [-0.1, -0.05) is 20.8 Å². The predicted molar refractivity (Wildman–Crippen MR) is 83.7 cm³/mol. The van der Waals surface area contributed by atoms with Gasteiger partial charge in [0.1, 0.15) is 11.5 Å². The molecule has 2 heterocycles. The molecule has 0 aromatic carbocycles. The molecule has 116 valence electrons. The van der Waals surface area contributed by atoms with Crippen LogP contribution in [0.25, 0.3) is 0 Å². The van der Waals surface area contributed by atoms with E-state index in [1.54, 1.807) is 6.26 Å². The van der Waals surface area contributed by atoms with Gasteiger partial charge in [0.15, 0.2) is 0 Å². The molecular formula is C17H26N2O2. The molecule has 0 aliphatic carbocycles. The van der Waals surface area contributed by atoms with Gasteiger partial charge in [0.05, 0.1) is 25.6 Å². The second-order valence-electron chi connectivity index (χ2n) is 5.83. The van der Waals surface area contributed by atoms with E-state index >= 15 is 0 Å². The van der Waals surface area contributed by atoms with E-state index in [0.29, 0.717) is 5.92 Å². The van der Waals surface area contributed by atoms with Crippen molar-refractivity contribution in [3.05, 3.63) is 47.8 Å². The summed E-state index contributed by atoms with van der Waals surface area (Å²) in [6, 6.07) is 6.07. The van der Waals surface area contributed by atoms with Crippen molar-refractivity contribution < 1.29 is 8.83 Å². The summed E-state index contributed by atoms with van der Waals surface area (Å²) < 4.78 is 11.1. The average molecular weight is 290 g/mol. The largest absolute Gasteiger partial charge is 0.468 e. The molecule has 21 heavy (non-hydrogen) atoms. The van der Waals surface area contributed by atoms with Gasteiger partial charge in [-0.05, 0) is 37.2 Å². The summed E-state index contributed by atoms with van der Waals surface area (Å²) in [7, 11) is 0. The second-order valence-corrected chi connectivity index (χ2v) is 5.83. The van der Waals surface area contributed by atoms with Gasteiger partial charge in [0.2, 0.25) is 0 Å². The molecule has 0 aliphatic heterocycles. The Morgan fingerprint density at radius 3 is 2.67 bits per heavy atom. The van der Waals surface area contributed by atoms with Crippen LogP contribution in [0.4, 0.5) is 0 Å². The normalized spacial score (nSPS) is 11.7. The van der Waals surface area contributed by atoms with E-state index in [1.165, 1.54) is 5.56 Å². The number of furan rings is 2. The number of rotatable bonds is 9. The highest BCUT2D eigenvalue weighted by molar-refractivity contribution is 5.12. The molecule has 1 N–H and O–H groups in total. The monoisotopic (exact) mass is 290 g/mol. The lowest BCUT2D eigenvalue weighted by Gasteiger charge is -2.17. The summed E-state index contributed by atoms with van der Waals surface area (Å²) in [5.74, 6) is 2.66. The Kier molecular flexibility index (Phi) is 6.08. The van der Waals surface area contributed by atoms with Gasteiger partial charge in [-0.3, -0.25) is 4.90 Å². The third kappa shape index (κ3) is 5.40. The Labute approximate surface area is 127 Å². The fourth-order valence-electron chi connectivity index (χ4n) is 2.23. The predicted octanol–water partition coefficient (Wildman–Crippen LogP) is 3.64. The molecule has 0 atom stereocenters. The summed E-state index contributed by atoms with van der Waals surface area (Å²) in [6.07, 6.45) is 3.57. The summed E-state index contributed by atoms with van der Waals surface area (Å²) in [6.45, 7) is 11.0. The molecule has 0 spiro atoms. The number of nitrogens with one attached hydrogen (secondary N) is 1. The fourth-order valence-corrected chi connectivity index (χ4v) is 2.23. The van der Waals surface area contributed by atoms with Crippen molar-refractivity contribution >= 4 is 0 Å². The molecular weight excluding hydrogens is 264 g/mol. The van der Waals surface area contributed by atoms with E-state index in [2.05, 4.69) is 37.1 Å². The molecule has 0 bridgehead atoms. The Morgan fingerprint density at radius 1 is 1.19 bits per heavy atom. The van der Waals surface area contributed by atoms with Crippen LogP contribution >= 0.6 is 0 Å². The Hall–Kier alpha value is -1.52. The van der Waals surface area contributed by atoms with E-state index in [4.69, 9.17) is 8.83 Å². The average Bonchev–Trinajstić information content (AvgIpc) is 3.09. The molecule has 0 unspecified atom stereocenters. The van der Waals surface area contributed by atoms with E-state index in [1.807, 2.05) is 18.4 Å². The standard InChI is InChI=1S/C17H26N2O2/c1-4-19(11-16-6-5-7-20-16)12-17-8-15(13-21-17)10-18-9-14(2)3/h5-8,13-14,18H,4,9-12H2,1-3H3. The van der Waals surface area contributed by atoms with Crippen LogP contribution < -0.4 is 5.32 Å². The van der Waals surface area contributed by atoms with Crippen LogP contribution in [0.3, 0.4) is 0 Å². The van der Waals surface area contributed by atoms with Gasteiger partial charge in [0, 0.05) is 12.1 Å². The minimum absolute atomic E-state index is 0.667. The highest BCUT2D eigenvalue weighted by Crippen LogP contribution is 2.13. The zero-order valence-electron chi connectivity index (χ0n) is 13.3. The number of hydrogen-bond donors (Lipinski definition) is 1. The minimum atomic E-state index is 0.667. The van der Waals surface area contributed by atoms with Crippen molar-refractivity contribution in [3.8, 4) is 0 Å². The maximum Gasteiger partial charge on any atom is 0.118 e. The smallest absolute Gasteiger partial charge is 0.118 e. The van der Waals surface area contributed by atoms with E-state index < -0.39 is 0 Å². The SMILES string of the molecule is CCN(Cc1ccco1)Cc1cc(CNCC(C)C)co1. The summed E-state index contributed by atoms with van der Waals surface area (Å²) in [5, 5.41) is 3.43. The molecule has 0 fully saturated rings. The molecule has 2 rings (SSSR count). The van der Waals surface area contributed by atoms with E-state index in [9.17, 15) is 0 Å². The van der Waals surface area contributed by atoms with Crippen LogP contribution in [0.15, 0.2) is 39.6 Å². The topological polar surface area (TPSA) is 41.6 Å². The lowest BCUT2D eigenvalue weighted by atomic mass is 10.2. The molecule has 0 saturated carbocycles. The minimum Gasteiger partial charge on any atom is -0.468 e. The van der Waals surface area contributed by atoms with E-state index in [-0.39, 0.29) is 0 Å². The van der Waals surface area contributed by atoms with Gasteiger partial charge in [-0.15, -0.1) is 0 Å². The van der Waals surface area contributed by atoms with Crippen LogP contribution in [0.2, 0.25) is 0 Å². The van der Waals surface area contributed by atoms with Gasteiger partial charge < -0.3 is 14.2 Å². The van der Waals surface area contributed by atoms with Crippen molar-refractivity contribution in [1.29, 1.82) is 0 Å². The number of hydrogen-bond acceptors (Lipinski definition) is 4. The van der Waals surface area contributed by atoms with Crippen molar-refractivity contribution in [2.75, 3.05) is 13.1 Å². The molecule has 4 nitrogen and oxygen atoms in total. The van der Waals surface area contributed by atoms with Crippen molar-refractivity contribution in [1.82, 2.24) is 10.2 Å². The van der Waals surface area contributed by atoms with Crippen molar-refractivity contribution in [2.24, 2.45) is 5.92 Å². The lowest BCUT2D eigenvalue weighted by Crippen LogP contribution is -2.21. The zero-order chi connectivity index (χ0) is 15.1. The fraction of sp³-hybridized carbons (Fsp3) is 0.529. The second kappa shape index (κ2) is 8.05. The lowest BCUT2D eigenvalue weighted by molar-refractivity contribution is 0.229. The first-order valence-electron chi connectivity index (χ1n) is 7.69. The van der Waals surface area contributed by atoms with Gasteiger partial charge in [-0.2, -0.15) is 0 Å². The number of nitrogens with zero attached hydrogens (tertiary/aromatic N) is 1. The highest BCUT2D eigenvalue weighted by Gasteiger charge is 2.10. The quantitative estimate of drug-likeness (QED) is 0.765. The Balaban J connectivity index is 1.82. The van der Waals surface area contributed by atoms with E-state index in [0.717, 1.165) is 44.2 Å². The maximum absolute atomic E-state index is 5.66. The van der Waals surface area contributed by atoms with Crippen LogP contribution in [0.1, 0.15) is 37.9 Å². The first kappa shape index (κ1) is 15.9. The maximum atomic E-state index is 5.66. The first-order chi connectivity index (χ1) is 10.2. The molecule has 4 heteroatoms. The molecule has 0 aliphatic rings.